The maximum atomic E-state index is 12.6. The number of rotatable bonds is 6. The van der Waals surface area contributed by atoms with Crippen molar-refractivity contribution in [3.05, 3.63) is 82.0 Å². The van der Waals surface area contributed by atoms with Gasteiger partial charge >= 0.3 is 5.97 Å². The van der Waals surface area contributed by atoms with E-state index in [4.69, 9.17) is 21.3 Å². The molecule has 8 nitrogen and oxygen atoms in total. The molecule has 240 valence electrons. The smallest absolute Gasteiger partial charge is 0.337 e. The molecule has 2 aliphatic heterocycles. The average Bonchev–Trinajstić information content (AvgIpc) is 3.49. The Morgan fingerprint density at radius 1 is 1.09 bits per heavy atom. The third-order valence-electron chi connectivity index (χ3n) is 10.0. The number of carboxylic acids is 1. The Bertz CT molecular complexity index is 1820. The summed E-state index contributed by atoms with van der Waals surface area (Å²) in [5.74, 6) is -0.424. The fraction of sp³-hybridized carbons (Fsp3) is 0.405. The largest absolute Gasteiger partial charge is 0.478 e. The molecule has 7 rings (SSSR count). The van der Waals surface area contributed by atoms with E-state index >= 15 is 0 Å². The van der Waals surface area contributed by atoms with Gasteiger partial charge in [-0.2, -0.15) is 4.98 Å². The van der Waals surface area contributed by atoms with Crippen LogP contribution in [-0.4, -0.2) is 71.3 Å². The van der Waals surface area contributed by atoms with Crippen molar-refractivity contribution < 1.29 is 14.6 Å². The molecule has 1 saturated heterocycles. The molecular weight excluding hydrogens is 598 g/mol. The maximum absolute atomic E-state index is 12.6. The number of H-pyrrole nitrogens is 1. The molecule has 3 aliphatic rings. The zero-order valence-corrected chi connectivity index (χ0v) is 27.8. The van der Waals surface area contributed by atoms with Gasteiger partial charge in [-0.25, -0.2) is 4.79 Å². The van der Waals surface area contributed by atoms with Crippen LogP contribution in [0, 0.1) is 12.3 Å². The molecule has 9 heteroatoms. The quantitative estimate of drug-likeness (QED) is 0.222. The topological polar surface area (TPSA) is 84.9 Å². The number of benzene rings is 2. The highest BCUT2D eigenvalue weighted by Gasteiger charge is 2.34. The monoisotopic (exact) mass is 639 g/mol. The summed E-state index contributed by atoms with van der Waals surface area (Å²) in [6.45, 7) is 13.9. The standard InChI is InChI=1S/C37H42ClN5O3/c1-23-22-46-35-32(19-26-12-14-39-34(26)40-35)43(23)33-24(2)31(10-9-29(33)36(44)45)42-17-15-41(16-18-42)21-27-11-13-37(3,4)20-30(27)25-5-7-28(38)8-6-25/h5-10,12,14,19,23H,11,13,15-18,20-22H2,1-4H3,(H,39,40)(H,44,45). The van der Waals surface area contributed by atoms with Crippen LogP contribution >= 0.6 is 11.6 Å². The van der Waals surface area contributed by atoms with E-state index in [1.54, 1.807) is 11.6 Å². The fourth-order valence-corrected chi connectivity index (χ4v) is 7.61. The Hall–Kier alpha value is -4.01. The van der Waals surface area contributed by atoms with E-state index in [1.165, 1.54) is 17.6 Å². The van der Waals surface area contributed by atoms with Crippen molar-refractivity contribution in [1.82, 2.24) is 14.9 Å². The number of anilines is 3. The summed E-state index contributed by atoms with van der Waals surface area (Å²) < 4.78 is 6.03. The molecule has 1 aliphatic carbocycles. The van der Waals surface area contributed by atoms with Crippen LogP contribution in [0.3, 0.4) is 0 Å². The second-order valence-corrected chi connectivity index (χ2v) is 14.3. The highest BCUT2D eigenvalue weighted by atomic mass is 35.5. The number of aromatic carboxylic acids is 1. The van der Waals surface area contributed by atoms with Crippen LogP contribution < -0.4 is 14.5 Å². The molecule has 1 atom stereocenters. The minimum absolute atomic E-state index is 0.0711. The predicted molar refractivity (Wildman–Crippen MR) is 186 cm³/mol. The number of carbonyl (C=O) groups is 1. The first-order chi connectivity index (χ1) is 22.1. The summed E-state index contributed by atoms with van der Waals surface area (Å²) in [6.07, 6.45) is 5.25. The van der Waals surface area contributed by atoms with Crippen LogP contribution in [0.25, 0.3) is 16.6 Å². The van der Waals surface area contributed by atoms with E-state index in [9.17, 15) is 9.90 Å². The van der Waals surface area contributed by atoms with Crippen molar-refractivity contribution in [1.29, 1.82) is 0 Å². The number of fused-ring (bicyclic) bond motifs is 2. The van der Waals surface area contributed by atoms with Crippen LogP contribution in [0.4, 0.5) is 17.1 Å². The number of piperazine rings is 1. The molecule has 4 aromatic rings. The molecule has 46 heavy (non-hydrogen) atoms. The van der Waals surface area contributed by atoms with Crippen LogP contribution in [0.15, 0.2) is 60.3 Å². The van der Waals surface area contributed by atoms with Gasteiger partial charge in [0.05, 0.1) is 17.3 Å². The van der Waals surface area contributed by atoms with E-state index < -0.39 is 5.97 Å². The van der Waals surface area contributed by atoms with Gasteiger partial charge in [0.15, 0.2) is 0 Å². The van der Waals surface area contributed by atoms with Crippen molar-refractivity contribution in [2.75, 3.05) is 49.1 Å². The van der Waals surface area contributed by atoms with E-state index in [0.29, 0.717) is 18.2 Å². The summed E-state index contributed by atoms with van der Waals surface area (Å²) in [5.41, 5.74) is 9.19. The molecule has 2 aromatic heterocycles. The molecule has 2 N–H and O–H groups in total. The second kappa shape index (κ2) is 12.0. The lowest BCUT2D eigenvalue weighted by Gasteiger charge is -2.41. The van der Waals surface area contributed by atoms with Crippen LogP contribution in [-0.2, 0) is 0 Å². The molecule has 1 fully saturated rings. The number of hydrogen-bond acceptors (Lipinski definition) is 6. The number of halogens is 1. The molecule has 2 aromatic carbocycles. The molecule has 1 unspecified atom stereocenters. The number of pyridine rings is 1. The van der Waals surface area contributed by atoms with Crippen LogP contribution in [0.2, 0.25) is 5.02 Å². The molecule has 0 bridgehead atoms. The SMILES string of the molecule is Cc1c(N2CCN(CC3=C(c4ccc(Cl)cc4)CC(C)(C)CC3)CC2)ccc(C(=O)O)c1N1c2cc3cc[nH]c3nc2OCC1C. The summed E-state index contributed by atoms with van der Waals surface area (Å²) in [4.78, 5) is 27.6. The summed E-state index contributed by atoms with van der Waals surface area (Å²) >= 11 is 6.23. The zero-order chi connectivity index (χ0) is 32.2. The summed E-state index contributed by atoms with van der Waals surface area (Å²) in [6, 6.07) is 16.0. The van der Waals surface area contributed by atoms with Gasteiger partial charge < -0.3 is 24.6 Å². The Morgan fingerprint density at radius 3 is 2.59 bits per heavy atom. The Morgan fingerprint density at radius 2 is 1.85 bits per heavy atom. The fourth-order valence-electron chi connectivity index (χ4n) is 7.48. The van der Waals surface area contributed by atoms with Gasteiger partial charge in [0, 0.05) is 55.0 Å². The molecular formula is C37H42ClN5O3. The number of aromatic nitrogens is 2. The van der Waals surface area contributed by atoms with Crippen LogP contribution in [0.5, 0.6) is 5.88 Å². The normalized spacial score (nSPS) is 20.2. The van der Waals surface area contributed by atoms with E-state index in [2.05, 4.69) is 59.5 Å². The Labute approximate surface area is 275 Å². The van der Waals surface area contributed by atoms with Crippen molar-refractivity contribution in [3.63, 3.8) is 0 Å². The first-order valence-electron chi connectivity index (χ1n) is 16.3. The molecule has 0 radical (unpaired) electrons. The number of hydrogen-bond donors (Lipinski definition) is 2. The van der Waals surface area contributed by atoms with Gasteiger partial charge in [0.25, 0.3) is 0 Å². The third kappa shape index (κ3) is 5.73. The van der Waals surface area contributed by atoms with E-state index in [-0.39, 0.29) is 17.0 Å². The van der Waals surface area contributed by atoms with Gasteiger partial charge in [-0.05, 0) is 91.6 Å². The molecule has 4 heterocycles. The first-order valence-corrected chi connectivity index (χ1v) is 16.7. The number of nitrogens with one attached hydrogen (secondary N) is 1. The Kier molecular flexibility index (Phi) is 7.97. The number of carboxylic acid groups (broad SMARTS) is 1. The highest BCUT2D eigenvalue weighted by Crippen LogP contribution is 2.45. The number of allylic oxidation sites excluding steroid dienone is 1. The van der Waals surface area contributed by atoms with Gasteiger partial charge in [-0.1, -0.05) is 43.2 Å². The van der Waals surface area contributed by atoms with Gasteiger partial charge in [-0.3, -0.25) is 4.90 Å². The Balaban J connectivity index is 1.16. The summed E-state index contributed by atoms with van der Waals surface area (Å²) in [5, 5.41) is 12.1. The minimum atomic E-state index is -0.939. The van der Waals surface area contributed by atoms with Gasteiger partial charge in [0.1, 0.15) is 17.9 Å². The number of aromatic amines is 1. The lowest BCUT2D eigenvalue weighted by Crippen LogP contribution is -2.47. The maximum Gasteiger partial charge on any atom is 0.337 e. The highest BCUT2D eigenvalue weighted by molar-refractivity contribution is 6.30. The number of ether oxygens (including phenoxy) is 1. The average molecular weight is 640 g/mol. The summed E-state index contributed by atoms with van der Waals surface area (Å²) in [7, 11) is 0. The van der Waals surface area contributed by atoms with Crippen molar-refractivity contribution in [2.24, 2.45) is 5.41 Å². The van der Waals surface area contributed by atoms with Crippen LogP contribution in [0.1, 0.15) is 61.5 Å². The molecule has 0 saturated carbocycles. The lowest BCUT2D eigenvalue weighted by molar-refractivity contribution is 0.0697. The minimum Gasteiger partial charge on any atom is -0.478 e. The third-order valence-corrected chi connectivity index (χ3v) is 10.3. The molecule has 0 spiro atoms. The van der Waals surface area contributed by atoms with Gasteiger partial charge in [0.2, 0.25) is 5.88 Å². The van der Waals surface area contributed by atoms with Crippen molar-refractivity contribution in [2.45, 2.75) is 53.0 Å². The lowest BCUT2D eigenvalue weighted by atomic mass is 9.72. The van der Waals surface area contributed by atoms with E-state index in [1.807, 2.05) is 36.5 Å². The first kappa shape index (κ1) is 30.6. The second-order valence-electron chi connectivity index (χ2n) is 13.9. The van der Waals surface area contributed by atoms with Gasteiger partial charge in [-0.15, -0.1) is 0 Å². The van der Waals surface area contributed by atoms with E-state index in [0.717, 1.165) is 78.6 Å². The zero-order valence-electron chi connectivity index (χ0n) is 27.1. The predicted octanol–water partition coefficient (Wildman–Crippen LogP) is 7.93. The number of nitrogens with zero attached hydrogens (tertiary/aromatic N) is 4. The van der Waals surface area contributed by atoms with Crippen molar-refractivity contribution in [3.8, 4) is 5.88 Å². The molecule has 0 amide bonds. The van der Waals surface area contributed by atoms with Crippen molar-refractivity contribution >= 4 is 51.2 Å².